The van der Waals surface area contributed by atoms with Crippen LogP contribution in [0, 0.1) is 0 Å². The Bertz CT molecular complexity index is 1420. The predicted octanol–water partition coefficient (Wildman–Crippen LogP) is 5.67. The van der Waals surface area contributed by atoms with E-state index in [2.05, 4.69) is 20.6 Å². The summed E-state index contributed by atoms with van der Waals surface area (Å²) in [5.74, 6) is -0.277. The number of aromatic nitrogens is 2. The number of amides is 2. The van der Waals surface area contributed by atoms with Crippen molar-refractivity contribution in [3.05, 3.63) is 144 Å². The number of rotatable bonds is 8. The van der Waals surface area contributed by atoms with Crippen LogP contribution in [-0.2, 0) is 13.1 Å². The molecule has 0 aliphatic rings. The van der Waals surface area contributed by atoms with Gasteiger partial charge >= 0.3 is 0 Å². The zero-order chi connectivity index (χ0) is 26.2. The quantitative estimate of drug-likeness (QED) is 0.289. The first-order chi connectivity index (χ1) is 18.7. The van der Waals surface area contributed by atoms with Gasteiger partial charge in [0.1, 0.15) is 0 Å². The highest BCUT2D eigenvalue weighted by Gasteiger charge is 2.09. The summed E-state index contributed by atoms with van der Waals surface area (Å²) in [5.41, 5.74) is 6.96. The minimum atomic E-state index is -0.138. The molecular weight excluding hydrogens is 472 g/mol. The lowest BCUT2D eigenvalue weighted by molar-refractivity contribution is 0.0942. The van der Waals surface area contributed by atoms with Crippen LogP contribution in [0.5, 0.6) is 0 Å². The third kappa shape index (κ3) is 6.17. The van der Waals surface area contributed by atoms with Crippen molar-refractivity contribution in [1.82, 2.24) is 20.6 Å². The highest BCUT2D eigenvalue weighted by Crippen LogP contribution is 2.20. The molecule has 2 amide bonds. The Hall–Kier alpha value is -5.10. The Balaban J connectivity index is 1.14. The van der Waals surface area contributed by atoms with Crippen LogP contribution >= 0.6 is 0 Å². The van der Waals surface area contributed by atoms with E-state index in [-0.39, 0.29) is 11.8 Å². The average molecular weight is 499 g/mol. The lowest BCUT2D eigenvalue weighted by atomic mass is 10.0. The minimum absolute atomic E-state index is 0.138. The Labute approximate surface area is 221 Å². The third-order valence-corrected chi connectivity index (χ3v) is 6.17. The fraction of sp³-hybridized carbons (Fsp3) is 0.0625. The van der Waals surface area contributed by atoms with Gasteiger partial charge in [-0.2, -0.15) is 0 Å². The first-order valence-corrected chi connectivity index (χ1v) is 12.3. The smallest absolute Gasteiger partial charge is 0.251 e. The fourth-order valence-corrected chi connectivity index (χ4v) is 4.09. The SMILES string of the molecule is O=C(NCc1ccc(CNC(=O)c2cccc(-c3cccnc3)c2)cc1)c1cccc(-c2cccnc2)c1. The second kappa shape index (κ2) is 11.8. The lowest BCUT2D eigenvalue weighted by Gasteiger charge is -2.09. The molecule has 0 atom stereocenters. The highest BCUT2D eigenvalue weighted by molar-refractivity contribution is 5.96. The second-order valence-corrected chi connectivity index (χ2v) is 8.83. The molecule has 6 heteroatoms. The lowest BCUT2D eigenvalue weighted by Crippen LogP contribution is -2.23. The van der Waals surface area contributed by atoms with Crippen molar-refractivity contribution < 1.29 is 9.59 Å². The molecule has 2 aromatic heterocycles. The second-order valence-electron chi connectivity index (χ2n) is 8.83. The molecule has 38 heavy (non-hydrogen) atoms. The maximum atomic E-state index is 12.7. The van der Waals surface area contributed by atoms with Gasteiger partial charge in [0.25, 0.3) is 11.8 Å². The van der Waals surface area contributed by atoms with Gasteiger partial charge in [-0.3, -0.25) is 19.6 Å². The largest absolute Gasteiger partial charge is 0.348 e. The molecule has 0 saturated heterocycles. The van der Waals surface area contributed by atoms with E-state index in [0.29, 0.717) is 24.2 Å². The van der Waals surface area contributed by atoms with Crippen LogP contribution in [-0.4, -0.2) is 21.8 Å². The molecule has 5 rings (SSSR count). The van der Waals surface area contributed by atoms with Gasteiger partial charge in [-0.05, 0) is 58.7 Å². The first-order valence-electron chi connectivity index (χ1n) is 12.3. The van der Waals surface area contributed by atoms with E-state index in [1.807, 2.05) is 84.9 Å². The normalized spacial score (nSPS) is 10.5. The zero-order valence-electron chi connectivity index (χ0n) is 20.7. The van der Waals surface area contributed by atoms with Crippen molar-refractivity contribution in [3.63, 3.8) is 0 Å². The molecule has 0 spiro atoms. The van der Waals surface area contributed by atoms with Gasteiger partial charge in [0, 0.05) is 60.1 Å². The van der Waals surface area contributed by atoms with Crippen LogP contribution in [0.2, 0.25) is 0 Å². The van der Waals surface area contributed by atoms with Crippen LogP contribution in [0.4, 0.5) is 0 Å². The maximum absolute atomic E-state index is 12.7. The van der Waals surface area contributed by atoms with E-state index in [1.54, 1.807) is 36.9 Å². The number of nitrogens with one attached hydrogen (secondary N) is 2. The molecule has 0 aliphatic heterocycles. The molecule has 0 saturated carbocycles. The van der Waals surface area contributed by atoms with Crippen LogP contribution in [0.1, 0.15) is 31.8 Å². The van der Waals surface area contributed by atoms with Crippen molar-refractivity contribution >= 4 is 11.8 Å². The Morgan fingerprint density at radius 1 is 0.526 bits per heavy atom. The average Bonchev–Trinajstić information content (AvgIpc) is 3.00. The molecule has 2 heterocycles. The summed E-state index contributed by atoms with van der Waals surface area (Å²) in [6.07, 6.45) is 7.01. The van der Waals surface area contributed by atoms with Crippen molar-refractivity contribution in [1.29, 1.82) is 0 Å². The van der Waals surface area contributed by atoms with Gasteiger partial charge in [-0.25, -0.2) is 0 Å². The summed E-state index contributed by atoms with van der Waals surface area (Å²) < 4.78 is 0. The topological polar surface area (TPSA) is 84.0 Å². The molecule has 0 unspecified atom stereocenters. The summed E-state index contributed by atoms with van der Waals surface area (Å²) in [7, 11) is 0. The van der Waals surface area contributed by atoms with Crippen molar-refractivity contribution in [2.24, 2.45) is 0 Å². The van der Waals surface area contributed by atoms with Crippen LogP contribution < -0.4 is 10.6 Å². The molecule has 5 aromatic rings. The number of nitrogens with zero attached hydrogens (tertiary/aromatic N) is 2. The van der Waals surface area contributed by atoms with Gasteiger partial charge in [0.05, 0.1) is 0 Å². The Morgan fingerprint density at radius 3 is 1.34 bits per heavy atom. The molecule has 6 nitrogen and oxygen atoms in total. The van der Waals surface area contributed by atoms with Gasteiger partial charge in [0.15, 0.2) is 0 Å². The highest BCUT2D eigenvalue weighted by atomic mass is 16.2. The van der Waals surface area contributed by atoms with Crippen molar-refractivity contribution in [2.45, 2.75) is 13.1 Å². The fourth-order valence-electron chi connectivity index (χ4n) is 4.09. The van der Waals surface area contributed by atoms with Gasteiger partial charge in [-0.1, -0.05) is 60.7 Å². The Morgan fingerprint density at radius 2 is 0.947 bits per heavy atom. The summed E-state index contributed by atoms with van der Waals surface area (Å²) in [6, 6.07) is 30.5. The van der Waals surface area contributed by atoms with Crippen LogP contribution in [0.25, 0.3) is 22.3 Å². The molecule has 0 aliphatic carbocycles. The standard InChI is InChI=1S/C32H26N4O2/c37-31(27-7-1-5-25(17-27)29-9-3-15-33-21-29)35-19-23-11-13-24(14-12-23)20-36-32(38)28-8-2-6-26(18-28)30-10-4-16-34-22-30/h1-18,21-22H,19-20H2,(H,35,37)(H,36,38). The number of carbonyl (C=O) groups is 2. The van der Waals surface area contributed by atoms with Crippen molar-refractivity contribution in [2.75, 3.05) is 0 Å². The molecule has 0 fully saturated rings. The van der Waals surface area contributed by atoms with Gasteiger partial charge < -0.3 is 10.6 Å². The molecule has 0 bridgehead atoms. The maximum Gasteiger partial charge on any atom is 0.251 e. The molecule has 186 valence electrons. The van der Waals surface area contributed by atoms with Gasteiger partial charge in [-0.15, -0.1) is 0 Å². The minimum Gasteiger partial charge on any atom is -0.348 e. The third-order valence-electron chi connectivity index (χ3n) is 6.17. The van der Waals surface area contributed by atoms with Crippen molar-refractivity contribution in [3.8, 4) is 22.3 Å². The molecule has 2 N–H and O–H groups in total. The number of pyridine rings is 2. The van der Waals surface area contributed by atoms with E-state index in [0.717, 1.165) is 33.4 Å². The number of hydrogen-bond acceptors (Lipinski definition) is 4. The van der Waals surface area contributed by atoms with E-state index in [4.69, 9.17) is 0 Å². The van der Waals surface area contributed by atoms with E-state index in [1.165, 1.54) is 0 Å². The number of benzene rings is 3. The predicted molar refractivity (Wildman–Crippen MR) is 148 cm³/mol. The summed E-state index contributed by atoms with van der Waals surface area (Å²) in [4.78, 5) is 33.7. The van der Waals surface area contributed by atoms with E-state index in [9.17, 15) is 9.59 Å². The number of carbonyl (C=O) groups excluding carboxylic acids is 2. The van der Waals surface area contributed by atoms with Crippen LogP contribution in [0.15, 0.2) is 122 Å². The molecular formula is C32H26N4O2. The number of hydrogen-bond donors (Lipinski definition) is 2. The van der Waals surface area contributed by atoms with Gasteiger partial charge in [0.2, 0.25) is 0 Å². The summed E-state index contributed by atoms with van der Waals surface area (Å²) in [5, 5.41) is 5.95. The monoisotopic (exact) mass is 498 g/mol. The summed E-state index contributed by atoms with van der Waals surface area (Å²) >= 11 is 0. The summed E-state index contributed by atoms with van der Waals surface area (Å²) in [6.45, 7) is 0.813. The molecule has 3 aromatic carbocycles. The first kappa shape index (κ1) is 24.6. The Kier molecular flexibility index (Phi) is 7.61. The zero-order valence-corrected chi connectivity index (χ0v) is 20.7. The van der Waals surface area contributed by atoms with E-state index < -0.39 is 0 Å². The molecule has 0 radical (unpaired) electrons. The van der Waals surface area contributed by atoms with Crippen LogP contribution in [0.3, 0.4) is 0 Å². The van der Waals surface area contributed by atoms with E-state index >= 15 is 0 Å².